The van der Waals surface area contributed by atoms with E-state index in [0.29, 0.717) is 6.61 Å². The minimum atomic E-state index is 0.709. The summed E-state index contributed by atoms with van der Waals surface area (Å²) >= 11 is 0. The predicted octanol–water partition coefficient (Wildman–Crippen LogP) is 2.72. The van der Waals surface area contributed by atoms with Crippen LogP contribution in [0.3, 0.4) is 0 Å². The van der Waals surface area contributed by atoms with Crippen molar-refractivity contribution in [3.63, 3.8) is 0 Å². The Hall–Kier alpha value is -0.860. The molecule has 0 aromatic heterocycles. The van der Waals surface area contributed by atoms with E-state index < -0.39 is 0 Å². The molecule has 0 amide bonds. The number of nitrogens with one attached hydrogen (secondary N) is 1. The Morgan fingerprint density at radius 3 is 2.69 bits per heavy atom. The smallest absolute Gasteiger partial charge is 0.0716 e. The van der Waals surface area contributed by atoms with Crippen molar-refractivity contribution >= 4 is 0 Å². The number of hydrogen-bond acceptors (Lipinski definition) is 2. The predicted molar refractivity (Wildman–Crippen MR) is 66.2 cm³/mol. The summed E-state index contributed by atoms with van der Waals surface area (Å²) in [7, 11) is 1.75. The number of methoxy groups -OCH3 is 1. The van der Waals surface area contributed by atoms with Gasteiger partial charge in [-0.1, -0.05) is 37.1 Å². The lowest BCUT2D eigenvalue weighted by atomic mass is 10.1. The molecule has 0 heterocycles. The molecule has 0 aliphatic heterocycles. The molecule has 1 aliphatic carbocycles. The van der Waals surface area contributed by atoms with E-state index in [0.717, 1.165) is 19.0 Å². The van der Waals surface area contributed by atoms with Gasteiger partial charge in [0.25, 0.3) is 0 Å². The molecule has 0 saturated heterocycles. The van der Waals surface area contributed by atoms with E-state index >= 15 is 0 Å². The summed E-state index contributed by atoms with van der Waals surface area (Å²) in [6, 6.07) is 8.49. The van der Waals surface area contributed by atoms with E-state index in [1.807, 2.05) is 0 Å². The average molecular weight is 219 g/mol. The Morgan fingerprint density at radius 1 is 1.25 bits per heavy atom. The second kappa shape index (κ2) is 6.02. The second-order valence-electron chi connectivity index (χ2n) is 4.61. The highest BCUT2D eigenvalue weighted by atomic mass is 16.5. The number of benzene rings is 1. The van der Waals surface area contributed by atoms with Crippen molar-refractivity contribution in [1.29, 1.82) is 0 Å². The molecule has 1 fully saturated rings. The van der Waals surface area contributed by atoms with Gasteiger partial charge >= 0.3 is 0 Å². The minimum absolute atomic E-state index is 0.709. The second-order valence-corrected chi connectivity index (χ2v) is 4.61. The fraction of sp³-hybridized carbons (Fsp3) is 0.571. The Balaban J connectivity index is 1.77. The molecule has 0 radical (unpaired) electrons. The van der Waals surface area contributed by atoms with Crippen molar-refractivity contribution in [2.24, 2.45) is 5.92 Å². The van der Waals surface area contributed by atoms with Crippen LogP contribution >= 0.6 is 0 Å². The summed E-state index contributed by atoms with van der Waals surface area (Å²) in [4.78, 5) is 0. The first kappa shape index (κ1) is 11.6. The largest absolute Gasteiger partial charge is 0.380 e. The molecule has 88 valence electrons. The maximum absolute atomic E-state index is 5.20. The van der Waals surface area contributed by atoms with Crippen LogP contribution in [-0.2, 0) is 17.9 Å². The van der Waals surface area contributed by atoms with Gasteiger partial charge in [-0.15, -0.1) is 0 Å². The highest BCUT2D eigenvalue weighted by molar-refractivity contribution is 5.26. The van der Waals surface area contributed by atoms with Gasteiger partial charge in [0.1, 0.15) is 0 Å². The summed E-state index contributed by atoms with van der Waals surface area (Å²) in [5, 5.41) is 3.52. The highest BCUT2D eigenvalue weighted by Gasteiger charge is 2.19. The molecular weight excluding hydrogens is 198 g/mol. The average Bonchev–Trinajstić information content (AvgIpc) is 3.11. The van der Waals surface area contributed by atoms with E-state index in [2.05, 4.69) is 29.6 Å². The summed E-state index contributed by atoms with van der Waals surface area (Å²) in [6.45, 7) is 2.82. The van der Waals surface area contributed by atoms with Crippen LogP contribution in [-0.4, -0.2) is 13.7 Å². The van der Waals surface area contributed by atoms with Crippen molar-refractivity contribution in [2.75, 3.05) is 13.7 Å². The SMILES string of the molecule is COCc1ccccc1CNCCC1CC1. The van der Waals surface area contributed by atoms with Crippen molar-refractivity contribution in [1.82, 2.24) is 5.32 Å². The van der Waals surface area contributed by atoms with Gasteiger partial charge in [0, 0.05) is 13.7 Å². The zero-order valence-corrected chi connectivity index (χ0v) is 10.0. The Bertz CT molecular complexity index is 320. The molecule has 1 N–H and O–H groups in total. The molecule has 2 rings (SSSR count). The summed E-state index contributed by atoms with van der Waals surface area (Å²) in [6.07, 6.45) is 4.23. The Kier molecular flexibility index (Phi) is 4.37. The van der Waals surface area contributed by atoms with Gasteiger partial charge in [0.2, 0.25) is 0 Å². The van der Waals surface area contributed by atoms with Crippen LogP contribution in [0.2, 0.25) is 0 Å². The standard InChI is InChI=1S/C14H21NO/c1-16-11-14-5-3-2-4-13(14)10-15-9-8-12-6-7-12/h2-5,12,15H,6-11H2,1H3. The van der Waals surface area contributed by atoms with Gasteiger partial charge in [-0.25, -0.2) is 0 Å². The normalized spacial score (nSPS) is 15.3. The zero-order chi connectivity index (χ0) is 11.2. The van der Waals surface area contributed by atoms with E-state index in [4.69, 9.17) is 4.74 Å². The Morgan fingerprint density at radius 2 is 2.00 bits per heavy atom. The molecule has 2 heteroatoms. The van der Waals surface area contributed by atoms with Crippen molar-refractivity contribution in [2.45, 2.75) is 32.4 Å². The number of ether oxygens (including phenoxy) is 1. The topological polar surface area (TPSA) is 21.3 Å². The fourth-order valence-electron chi connectivity index (χ4n) is 1.96. The molecule has 0 spiro atoms. The molecule has 1 saturated carbocycles. The first-order valence-corrected chi connectivity index (χ1v) is 6.16. The molecule has 1 aliphatic rings. The summed E-state index contributed by atoms with van der Waals surface area (Å²) in [5.41, 5.74) is 2.66. The van der Waals surface area contributed by atoms with Gasteiger partial charge in [-0.2, -0.15) is 0 Å². The molecule has 0 atom stereocenters. The van der Waals surface area contributed by atoms with Crippen LogP contribution in [0.4, 0.5) is 0 Å². The molecule has 1 aromatic carbocycles. The molecule has 0 bridgehead atoms. The molecule has 16 heavy (non-hydrogen) atoms. The molecule has 0 unspecified atom stereocenters. The van der Waals surface area contributed by atoms with E-state index in [-0.39, 0.29) is 0 Å². The van der Waals surface area contributed by atoms with Crippen LogP contribution in [0.15, 0.2) is 24.3 Å². The zero-order valence-electron chi connectivity index (χ0n) is 10.0. The van der Waals surface area contributed by atoms with Gasteiger partial charge in [-0.05, 0) is 30.0 Å². The quantitative estimate of drug-likeness (QED) is 0.712. The van der Waals surface area contributed by atoms with Crippen LogP contribution < -0.4 is 5.32 Å². The lowest BCUT2D eigenvalue weighted by Crippen LogP contribution is -2.16. The Labute approximate surface area is 98.0 Å². The van der Waals surface area contributed by atoms with Crippen LogP contribution in [0.1, 0.15) is 30.4 Å². The van der Waals surface area contributed by atoms with Gasteiger partial charge in [-0.3, -0.25) is 0 Å². The monoisotopic (exact) mass is 219 g/mol. The maximum Gasteiger partial charge on any atom is 0.0716 e. The van der Waals surface area contributed by atoms with Crippen molar-refractivity contribution < 1.29 is 4.74 Å². The lowest BCUT2D eigenvalue weighted by Gasteiger charge is -2.09. The third-order valence-electron chi connectivity index (χ3n) is 3.16. The van der Waals surface area contributed by atoms with Gasteiger partial charge in [0.15, 0.2) is 0 Å². The van der Waals surface area contributed by atoms with Crippen LogP contribution in [0.5, 0.6) is 0 Å². The van der Waals surface area contributed by atoms with E-state index in [9.17, 15) is 0 Å². The first-order chi connectivity index (χ1) is 7.90. The van der Waals surface area contributed by atoms with Crippen molar-refractivity contribution in [3.8, 4) is 0 Å². The van der Waals surface area contributed by atoms with Crippen LogP contribution in [0, 0.1) is 5.92 Å². The first-order valence-electron chi connectivity index (χ1n) is 6.16. The highest BCUT2D eigenvalue weighted by Crippen LogP contribution is 2.31. The summed E-state index contributed by atoms with van der Waals surface area (Å²) < 4.78 is 5.20. The minimum Gasteiger partial charge on any atom is -0.380 e. The van der Waals surface area contributed by atoms with Gasteiger partial charge in [0.05, 0.1) is 6.61 Å². The number of rotatable bonds is 7. The van der Waals surface area contributed by atoms with Crippen LogP contribution in [0.25, 0.3) is 0 Å². The third-order valence-corrected chi connectivity index (χ3v) is 3.16. The van der Waals surface area contributed by atoms with E-state index in [1.54, 1.807) is 7.11 Å². The molecular formula is C14H21NO. The summed E-state index contributed by atoms with van der Waals surface area (Å²) in [5.74, 6) is 1.02. The fourth-order valence-corrected chi connectivity index (χ4v) is 1.96. The third kappa shape index (κ3) is 3.62. The lowest BCUT2D eigenvalue weighted by molar-refractivity contribution is 0.184. The molecule has 2 nitrogen and oxygen atoms in total. The van der Waals surface area contributed by atoms with Gasteiger partial charge < -0.3 is 10.1 Å². The number of hydrogen-bond donors (Lipinski definition) is 1. The van der Waals surface area contributed by atoms with E-state index in [1.165, 1.54) is 30.4 Å². The maximum atomic E-state index is 5.20. The molecule has 1 aromatic rings. The van der Waals surface area contributed by atoms with Crippen molar-refractivity contribution in [3.05, 3.63) is 35.4 Å².